The molecule has 0 spiro atoms. The van der Waals surface area contributed by atoms with Gasteiger partial charge in [0.15, 0.2) is 0 Å². The van der Waals surface area contributed by atoms with Crippen LogP contribution in [-0.2, 0) is 0 Å². The topological polar surface area (TPSA) is 94.0 Å². The van der Waals surface area contributed by atoms with Crippen LogP contribution in [0.25, 0.3) is 22.3 Å². The first kappa shape index (κ1) is 18.1. The Balaban J connectivity index is 0.000000446. The van der Waals surface area contributed by atoms with Gasteiger partial charge in [0.1, 0.15) is 12.0 Å². The van der Waals surface area contributed by atoms with Gasteiger partial charge in [-0.25, -0.2) is 9.97 Å². The van der Waals surface area contributed by atoms with E-state index in [-0.39, 0.29) is 1.43 Å². The van der Waals surface area contributed by atoms with Crippen LogP contribution in [0.1, 0.15) is 35.0 Å². The molecule has 3 aromatic rings. The normalized spacial score (nSPS) is 10.7. The number of nitriles is 1. The molecule has 4 rings (SSSR count). The smallest absolute Gasteiger partial charge is 0.141 e. The fourth-order valence-electron chi connectivity index (χ4n) is 1.65. The number of aromatic nitrogens is 5. The molecule has 3 aromatic heterocycles. The number of allylic oxidation sites excluding steroid dienone is 2. The van der Waals surface area contributed by atoms with Crippen LogP contribution in [0, 0.1) is 11.3 Å². The zero-order chi connectivity index (χ0) is 16.9. The second-order valence-electron chi connectivity index (χ2n) is 4.22. The molecule has 122 valence electrons. The number of nitrogens with zero attached hydrogens (tertiary/aromatic N) is 4. The van der Waals surface area contributed by atoms with Gasteiger partial charge in [0, 0.05) is 31.7 Å². The van der Waals surface area contributed by atoms with Gasteiger partial charge in [-0.2, -0.15) is 10.4 Å². The summed E-state index contributed by atoms with van der Waals surface area (Å²) in [4.78, 5) is 11.4. The van der Waals surface area contributed by atoms with Crippen LogP contribution in [0.4, 0.5) is 0 Å². The minimum Gasteiger partial charge on any atom is -0.346 e. The van der Waals surface area contributed by atoms with Crippen LogP contribution in [0.5, 0.6) is 0 Å². The first-order valence-electron chi connectivity index (χ1n) is 7.60. The van der Waals surface area contributed by atoms with E-state index in [1.807, 2.05) is 32.3 Å². The molecule has 0 saturated carbocycles. The van der Waals surface area contributed by atoms with E-state index in [0.29, 0.717) is 0 Å². The van der Waals surface area contributed by atoms with Crippen molar-refractivity contribution in [3.63, 3.8) is 0 Å². The van der Waals surface area contributed by atoms with Crippen molar-refractivity contribution in [3.05, 3.63) is 43.1 Å². The number of aromatic amines is 2. The zero-order valence-electron chi connectivity index (χ0n) is 13.7. The Bertz CT molecular complexity index is 734. The summed E-state index contributed by atoms with van der Waals surface area (Å²) in [7, 11) is 0. The molecule has 2 N–H and O–H groups in total. The lowest BCUT2D eigenvalue weighted by molar-refractivity contribution is 0.962. The third-order valence-corrected chi connectivity index (χ3v) is 2.79. The first-order valence-corrected chi connectivity index (χ1v) is 7.60. The molecule has 6 heteroatoms. The Morgan fingerprint density at radius 2 is 1.87 bits per heavy atom. The van der Waals surface area contributed by atoms with E-state index in [4.69, 9.17) is 5.26 Å². The molecule has 6 nitrogen and oxygen atoms in total. The SMILES string of the molecule is C1=CCC1.CC.CC#N.[HH].c1nc(-c2cn[nH]c2)c2cc[nH]c2n1. The van der Waals surface area contributed by atoms with Crippen LogP contribution in [0.3, 0.4) is 0 Å². The van der Waals surface area contributed by atoms with Crippen molar-refractivity contribution in [3.8, 4) is 17.3 Å². The highest BCUT2D eigenvalue weighted by Gasteiger charge is 2.06. The summed E-state index contributed by atoms with van der Waals surface area (Å²) < 4.78 is 0. The van der Waals surface area contributed by atoms with Gasteiger partial charge in [-0.05, 0) is 18.9 Å². The lowest BCUT2D eigenvalue weighted by Gasteiger charge is -1.96. The zero-order valence-corrected chi connectivity index (χ0v) is 13.7. The lowest BCUT2D eigenvalue weighted by atomic mass is 10.1. The van der Waals surface area contributed by atoms with E-state index in [2.05, 4.69) is 37.3 Å². The number of hydrogen-bond donors (Lipinski definition) is 2. The van der Waals surface area contributed by atoms with Crippen molar-refractivity contribution >= 4 is 11.0 Å². The number of H-pyrrole nitrogens is 2. The van der Waals surface area contributed by atoms with Crippen LogP contribution >= 0.6 is 0 Å². The molecule has 0 saturated heterocycles. The molecule has 0 fully saturated rings. The predicted molar refractivity (Wildman–Crippen MR) is 94.6 cm³/mol. The van der Waals surface area contributed by atoms with Crippen LogP contribution in [-0.4, -0.2) is 25.1 Å². The highest BCUT2D eigenvalue weighted by atomic mass is 15.1. The van der Waals surface area contributed by atoms with Gasteiger partial charge >= 0.3 is 0 Å². The lowest BCUT2D eigenvalue weighted by Crippen LogP contribution is -1.85. The fourth-order valence-corrected chi connectivity index (χ4v) is 1.65. The third-order valence-electron chi connectivity index (χ3n) is 2.79. The molecule has 0 amide bonds. The van der Waals surface area contributed by atoms with Gasteiger partial charge in [0.25, 0.3) is 0 Å². The third kappa shape index (κ3) is 5.40. The molecule has 23 heavy (non-hydrogen) atoms. The molecule has 0 aromatic carbocycles. The highest BCUT2D eigenvalue weighted by molar-refractivity contribution is 5.89. The summed E-state index contributed by atoms with van der Waals surface area (Å²) in [6.07, 6.45) is 14.0. The number of rotatable bonds is 1. The van der Waals surface area contributed by atoms with Gasteiger partial charge in [-0.15, -0.1) is 0 Å². The Morgan fingerprint density at radius 1 is 1.22 bits per heavy atom. The monoisotopic (exact) mass is 312 g/mol. The van der Waals surface area contributed by atoms with Crippen molar-refractivity contribution in [1.82, 2.24) is 25.1 Å². The molecular formula is C17H24N6. The quantitative estimate of drug-likeness (QED) is 0.647. The highest BCUT2D eigenvalue weighted by Crippen LogP contribution is 2.22. The Labute approximate surface area is 137 Å². The van der Waals surface area contributed by atoms with Gasteiger partial charge in [0.2, 0.25) is 0 Å². The maximum atomic E-state index is 7.32. The van der Waals surface area contributed by atoms with E-state index in [0.717, 1.165) is 22.3 Å². The maximum absolute atomic E-state index is 7.32. The largest absolute Gasteiger partial charge is 0.346 e. The maximum Gasteiger partial charge on any atom is 0.141 e. The van der Waals surface area contributed by atoms with Crippen molar-refractivity contribution in [2.75, 3.05) is 0 Å². The van der Waals surface area contributed by atoms with E-state index in [1.54, 1.807) is 18.6 Å². The van der Waals surface area contributed by atoms with Crippen molar-refractivity contribution < 1.29 is 1.43 Å². The second-order valence-corrected chi connectivity index (χ2v) is 4.22. The van der Waals surface area contributed by atoms with Gasteiger partial charge < -0.3 is 4.98 Å². The summed E-state index contributed by atoms with van der Waals surface area (Å²) in [6, 6.07) is 3.71. The van der Waals surface area contributed by atoms with Crippen LogP contribution in [0.15, 0.2) is 43.1 Å². The molecule has 0 radical (unpaired) electrons. The van der Waals surface area contributed by atoms with Crippen molar-refractivity contribution in [1.29, 1.82) is 5.26 Å². The molecule has 0 atom stereocenters. The van der Waals surface area contributed by atoms with E-state index < -0.39 is 0 Å². The van der Waals surface area contributed by atoms with E-state index in [1.165, 1.54) is 19.8 Å². The number of fused-ring (bicyclic) bond motifs is 1. The van der Waals surface area contributed by atoms with Gasteiger partial charge in [-0.3, -0.25) is 5.10 Å². The minimum atomic E-state index is 0. The molecular weight excluding hydrogens is 288 g/mol. The average Bonchev–Trinajstić information content (AvgIpc) is 3.19. The Kier molecular flexibility index (Phi) is 8.46. The molecule has 1 aliphatic carbocycles. The van der Waals surface area contributed by atoms with Crippen molar-refractivity contribution in [2.45, 2.75) is 33.6 Å². The predicted octanol–water partition coefficient (Wildman–Crippen LogP) is 4.49. The summed E-state index contributed by atoms with van der Waals surface area (Å²) in [5.74, 6) is 0. The Hall–Kier alpha value is -2.94. The van der Waals surface area contributed by atoms with Gasteiger partial charge in [0.05, 0.1) is 18.0 Å². The molecule has 1 aliphatic rings. The Morgan fingerprint density at radius 3 is 2.39 bits per heavy atom. The molecule has 3 heterocycles. The van der Waals surface area contributed by atoms with E-state index >= 15 is 0 Å². The number of nitrogens with one attached hydrogen (secondary N) is 2. The van der Waals surface area contributed by atoms with Gasteiger partial charge in [-0.1, -0.05) is 26.0 Å². The second kappa shape index (κ2) is 10.7. The summed E-state index contributed by atoms with van der Waals surface area (Å²) >= 11 is 0. The first-order chi connectivity index (χ1) is 11.4. The number of hydrogen-bond acceptors (Lipinski definition) is 4. The molecule has 0 unspecified atom stereocenters. The van der Waals surface area contributed by atoms with Crippen LogP contribution < -0.4 is 0 Å². The standard InChI is InChI=1S/C9H7N5.C4H6.C2H3N.C2H6.H2/c1-2-10-9-7(1)8(11-5-12-9)6-3-13-14-4-6;1-2-4-3-1;1-2-3;1-2;/h1-5H,(H,13,14)(H,10,11,12);1-2H,3-4H2;1H3;1-2H3;1H. The van der Waals surface area contributed by atoms with Crippen LogP contribution in [0.2, 0.25) is 0 Å². The summed E-state index contributed by atoms with van der Waals surface area (Å²) in [5, 5.41) is 15.0. The van der Waals surface area contributed by atoms with Crippen molar-refractivity contribution in [2.24, 2.45) is 0 Å². The average molecular weight is 312 g/mol. The summed E-state index contributed by atoms with van der Waals surface area (Å²) in [5.41, 5.74) is 2.71. The van der Waals surface area contributed by atoms with E-state index in [9.17, 15) is 0 Å². The molecule has 0 aliphatic heterocycles. The summed E-state index contributed by atoms with van der Waals surface area (Å²) in [6.45, 7) is 5.43. The molecule has 0 bridgehead atoms. The minimum absolute atomic E-state index is 0. The fraction of sp³-hybridized carbons (Fsp3) is 0.294.